The van der Waals surface area contributed by atoms with Gasteiger partial charge in [0.2, 0.25) is 5.91 Å². The maximum Gasteiger partial charge on any atom is 0.407 e. The van der Waals surface area contributed by atoms with Gasteiger partial charge in [0.05, 0.1) is 26.2 Å². The molecule has 0 aliphatic heterocycles. The van der Waals surface area contributed by atoms with Crippen molar-refractivity contribution in [3.05, 3.63) is 83.7 Å². The second-order valence-corrected chi connectivity index (χ2v) is 19.7. The van der Waals surface area contributed by atoms with E-state index >= 15 is 4.39 Å². The van der Waals surface area contributed by atoms with Crippen LogP contribution in [0.15, 0.2) is 60.8 Å². The molecule has 0 aliphatic carbocycles. The molecule has 2 amide bonds. The Morgan fingerprint density at radius 1 is 1.00 bits per heavy atom. The normalized spacial score (nSPS) is 12.4. The minimum absolute atomic E-state index is 0.0732. The van der Waals surface area contributed by atoms with E-state index in [2.05, 4.69) is 25.0 Å². The van der Waals surface area contributed by atoms with E-state index in [0.717, 1.165) is 29.4 Å². The summed E-state index contributed by atoms with van der Waals surface area (Å²) >= 11 is 0. The highest BCUT2D eigenvalue weighted by Crippen LogP contribution is 2.41. The standard InChI is InChI=1S/C36H49F2N3O5Si/c1-36(2,3)34(41(32(42)16-17-33(43)45-4)19-11-18-39-35(44)46-20-21-47(5,6)7)31-22-27(29-23-28(37)14-15-30(29)38)25-40(31)24-26-12-9-8-10-13-26/h8-10,12-15,22-23,25,34H,11,16-21,24H2,1-7H3,(H,39,44)/t34-/m0/s1. The van der Waals surface area contributed by atoms with Gasteiger partial charge in [0.15, 0.2) is 0 Å². The van der Waals surface area contributed by atoms with Gasteiger partial charge in [-0.3, -0.25) is 9.59 Å². The van der Waals surface area contributed by atoms with E-state index in [4.69, 9.17) is 9.47 Å². The number of rotatable bonds is 15. The molecule has 256 valence electrons. The molecule has 3 aromatic rings. The van der Waals surface area contributed by atoms with Crippen LogP contribution in [0.2, 0.25) is 25.7 Å². The lowest BCUT2D eigenvalue weighted by molar-refractivity contribution is -0.145. The lowest BCUT2D eigenvalue weighted by atomic mass is 9.82. The average Bonchev–Trinajstić information content (AvgIpc) is 3.39. The summed E-state index contributed by atoms with van der Waals surface area (Å²) in [6.07, 6.45) is 1.54. The van der Waals surface area contributed by atoms with Crippen LogP contribution in [-0.4, -0.2) is 62.3 Å². The monoisotopic (exact) mass is 669 g/mol. The summed E-state index contributed by atoms with van der Waals surface area (Å²) in [6.45, 7) is 14.0. The van der Waals surface area contributed by atoms with Crippen molar-refractivity contribution < 1.29 is 32.6 Å². The van der Waals surface area contributed by atoms with Gasteiger partial charge in [-0.2, -0.15) is 0 Å². The van der Waals surface area contributed by atoms with Gasteiger partial charge < -0.3 is 24.3 Å². The number of alkyl carbamates (subject to hydrolysis) is 1. The second kappa shape index (κ2) is 16.7. The largest absolute Gasteiger partial charge is 0.469 e. The fourth-order valence-electron chi connectivity index (χ4n) is 5.41. The predicted octanol–water partition coefficient (Wildman–Crippen LogP) is 7.81. The Bertz CT molecular complexity index is 1500. The molecule has 0 radical (unpaired) electrons. The number of nitrogens with one attached hydrogen (secondary N) is 1. The zero-order chi connectivity index (χ0) is 34.8. The summed E-state index contributed by atoms with van der Waals surface area (Å²) < 4.78 is 41.4. The fourth-order valence-corrected chi connectivity index (χ4v) is 6.12. The molecule has 0 spiro atoms. The third-order valence-electron chi connectivity index (χ3n) is 7.80. The third kappa shape index (κ3) is 11.6. The number of hydrogen-bond acceptors (Lipinski definition) is 5. The van der Waals surface area contributed by atoms with Crippen LogP contribution < -0.4 is 5.32 Å². The van der Waals surface area contributed by atoms with Crippen molar-refractivity contribution in [2.75, 3.05) is 26.8 Å². The van der Waals surface area contributed by atoms with Gasteiger partial charge in [0.1, 0.15) is 11.6 Å². The lowest BCUT2D eigenvalue weighted by Gasteiger charge is -2.41. The lowest BCUT2D eigenvalue weighted by Crippen LogP contribution is -2.43. The number of carbonyl (C=O) groups is 3. The molecule has 0 unspecified atom stereocenters. The highest BCUT2D eigenvalue weighted by atomic mass is 28.3. The minimum Gasteiger partial charge on any atom is -0.469 e. The number of carbonyl (C=O) groups excluding carboxylic acids is 3. The van der Waals surface area contributed by atoms with Crippen molar-refractivity contribution in [2.45, 2.75) is 78.3 Å². The maximum atomic E-state index is 15.0. The van der Waals surface area contributed by atoms with Gasteiger partial charge in [0.25, 0.3) is 0 Å². The molecule has 1 aromatic heterocycles. The Kier molecular flexibility index (Phi) is 13.3. The van der Waals surface area contributed by atoms with Gasteiger partial charge in [-0.15, -0.1) is 0 Å². The molecule has 1 heterocycles. The highest BCUT2D eigenvalue weighted by Gasteiger charge is 2.37. The number of hydrogen-bond donors (Lipinski definition) is 1. The van der Waals surface area contributed by atoms with Gasteiger partial charge in [-0.05, 0) is 47.7 Å². The zero-order valence-corrected chi connectivity index (χ0v) is 29.7. The Balaban J connectivity index is 1.99. The first kappa shape index (κ1) is 37.5. The summed E-state index contributed by atoms with van der Waals surface area (Å²) in [7, 11) is -0.0724. The van der Waals surface area contributed by atoms with E-state index in [1.807, 2.05) is 61.7 Å². The van der Waals surface area contributed by atoms with Gasteiger partial charge in [-0.25, -0.2) is 13.6 Å². The summed E-state index contributed by atoms with van der Waals surface area (Å²) in [5.41, 5.74) is 1.78. The summed E-state index contributed by atoms with van der Waals surface area (Å²) in [4.78, 5) is 40.0. The molecule has 2 aromatic carbocycles. The molecule has 0 bridgehead atoms. The molecule has 1 N–H and O–H groups in total. The van der Waals surface area contributed by atoms with Crippen LogP contribution in [-0.2, 0) is 25.6 Å². The molecular weight excluding hydrogens is 620 g/mol. The smallest absolute Gasteiger partial charge is 0.407 e. The SMILES string of the molecule is COC(=O)CCC(=O)N(CCCNC(=O)OCC[Si](C)(C)C)[C@@H](c1cc(-c2cc(F)ccc2F)cn1Cc1ccccc1)C(C)(C)C. The van der Waals surface area contributed by atoms with E-state index in [9.17, 15) is 18.8 Å². The number of methoxy groups -OCH3 is 1. The maximum absolute atomic E-state index is 15.0. The van der Waals surface area contributed by atoms with Crippen LogP contribution in [0.5, 0.6) is 0 Å². The van der Waals surface area contributed by atoms with Gasteiger partial charge in [-0.1, -0.05) is 70.7 Å². The molecular formula is C36H49F2N3O5Si. The van der Waals surface area contributed by atoms with Crippen molar-refractivity contribution in [1.82, 2.24) is 14.8 Å². The molecule has 8 nitrogen and oxygen atoms in total. The molecule has 0 saturated heterocycles. The van der Waals surface area contributed by atoms with Crippen LogP contribution in [0.3, 0.4) is 0 Å². The average molecular weight is 670 g/mol. The van der Waals surface area contributed by atoms with E-state index < -0.39 is 43.2 Å². The topological polar surface area (TPSA) is 89.9 Å². The van der Waals surface area contributed by atoms with E-state index in [-0.39, 0.29) is 37.4 Å². The number of benzene rings is 2. The summed E-state index contributed by atoms with van der Waals surface area (Å²) in [6, 6.07) is 15.2. The molecule has 47 heavy (non-hydrogen) atoms. The Morgan fingerprint density at radius 2 is 1.70 bits per heavy atom. The number of ether oxygens (including phenoxy) is 2. The first-order chi connectivity index (χ1) is 22.1. The first-order valence-electron chi connectivity index (χ1n) is 16.1. The third-order valence-corrected chi connectivity index (χ3v) is 9.50. The number of amides is 2. The van der Waals surface area contributed by atoms with Crippen LogP contribution in [0, 0.1) is 17.0 Å². The Labute approximate surface area is 278 Å². The van der Waals surface area contributed by atoms with E-state index in [0.29, 0.717) is 25.1 Å². The van der Waals surface area contributed by atoms with Crippen LogP contribution in [0.25, 0.3) is 11.1 Å². The second-order valence-electron chi connectivity index (χ2n) is 14.1. The number of nitrogens with zero attached hydrogens (tertiary/aromatic N) is 2. The van der Waals surface area contributed by atoms with E-state index in [1.165, 1.54) is 13.2 Å². The molecule has 0 saturated carbocycles. The van der Waals surface area contributed by atoms with Gasteiger partial charge in [0, 0.05) is 57.1 Å². The van der Waals surface area contributed by atoms with Crippen LogP contribution in [0.1, 0.15) is 57.3 Å². The molecule has 0 fully saturated rings. The molecule has 0 aliphatic rings. The van der Waals surface area contributed by atoms with Crippen molar-refractivity contribution >= 4 is 26.0 Å². The first-order valence-corrected chi connectivity index (χ1v) is 19.8. The molecule has 11 heteroatoms. The predicted molar refractivity (Wildman–Crippen MR) is 183 cm³/mol. The van der Waals surface area contributed by atoms with Crippen molar-refractivity contribution in [2.24, 2.45) is 5.41 Å². The zero-order valence-electron chi connectivity index (χ0n) is 28.7. The van der Waals surface area contributed by atoms with Crippen molar-refractivity contribution in [1.29, 1.82) is 0 Å². The number of halogens is 2. The number of aromatic nitrogens is 1. The fraction of sp³-hybridized carbons (Fsp3) is 0.472. The Morgan fingerprint density at radius 3 is 2.34 bits per heavy atom. The Hall–Kier alpha value is -3.99. The van der Waals surface area contributed by atoms with E-state index in [1.54, 1.807) is 11.1 Å². The summed E-state index contributed by atoms with van der Waals surface area (Å²) in [5.74, 6) is -1.88. The molecule has 1 atom stereocenters. The number of esters is 1. The van der Waals surface area contributed by atoms with Gasteiger partial charge >= 0.3 is 12.1 Å². The quantitative estimate of drug-likeness (QED) is 0.101. The van der Waals surface area contributed by atoms with Crippen LogP contribution >= 0.6 is 0 Å². The minimum atomic E-state index is -1.35. The van der Waals surface area contributed by atoms with Crippen LogP contribution in [0.4, 0.5) is 13.6 Å². The van der Waals surface area contributed by atoms with Crippen molar-refractivity contribution in [3.63, 3.8) is 0 Å². The highest BCUT2D eigenvalue weighted by molar-refractivity contribution is 6.76. The van der Waals surface area contributed by atoms with Crippen molar-refractivity contribution in [3.8, 4) is 11.1 Å². The summed E-state index contributed by atoms with van der Waals surface area (Å²) in [5, 5.41) is 2.78. The molecule has 3 rings (SSSR count).